The van der Waals surface area contributed by atoms with Crippen molar-refractivity contribution in [3.8, 4) is 9.88 Å². The molecule has 0 N–H and O–H groups in total. The van der Waals surface area contributed by atoms with E-state index in [2.05, 4.69) is 4.98 Å². The van der Waals surface area contributed by atoms with Crippen molar-refractivity contribution in [3.05, 3.63) is 64.5 Å². The Morgan fingerprint density at radius 2 is 1.92 bits per heavy atom. The van der Waals surface area contributed by atoms with Crippen LogP contribution in [0.15, 0.2) is 53.2 Å². The number of esters is 1. The summed E-state index contributed by atoms with van der Waals surface area (Å²) in [7, 11) is 1.70. The summed E-state index contributed by atoms with van der Waals surface area (Å²) in [4.78, 5) is 31.3. The normalized spacial score (nSPS) is 11.8. The third-order valence-corrected chi connectivity index (χ3v) is 5.91. The highest BCUT2D eigenvalue weighted by molar-refractivity contribution is 7.20. The first kappa shape index (κ1) is 18.3. The maximum absolute atomic E-state index is 12.3. The van der Waals surface area contributed by atoms with Crippen LogP contribution < -0.4 is 0 Å². The van der Waals surface area contributed by atoms with Crippen molar-refractivity contribution in [2.24, 2.45) is 0 Å². The summed E-state index contributed by atoms with van der Waals surface area (Å²) < 4.78 is 5.15. The first-order valence-electron chi connectivity index (χ1n) is 8.03. The summed E-state index contributed by atoms with van der Waals surface area (Å²) in [5, 5.41) is 4.38. The first-order valence-corrected chi connectivity index (χ1v) is 9.79. The standard InChI is InChI=1S/C19H18N2O3S2/c1-13(14-7-4-3-5-8-14)21(2)17(22)11-24-19(23)15-12-26-18(20-15)16-9-6-10-25-16/h3-10,12-13H,11H2,1-2H3. The minimum absolute atomic E-state index is 0.105. The van der Waals surface area contributed by atoms with Crippen LogP contribution in [0, 0.1) is 0 Å². The molecule has 0 aliphatic heterocycles. The lowest BCUT2D eigenvalue weighted by Crippen LogP contribution is -2.33. The van der Waals surface area contributed by atoms with Gasteiger partial charge in [0.25, 0.3) is 5.91 Å². The van der Waals surface area contributed by atoms with Gasteiger partial charge in [-0.1, -0.05) is 36.4 Å². The number of ether oxygens (including phenoxy) is 1. The highest BCUT2D eigenvalue weighted by atomic mass is 32.1. The Morgan fingerprint density at radius 1 is 1.15 bits per heavy atom. The van der Waals surface area contributed by atoms with Crippen molar-refractivity contribution in [1.29, 1.82) is 0 Å². The molecule has 3 aromatic rings. The van der Waals surface area contributed by atoms with E-state index in [0.717, 1.165) is 15.4 Å². The van der Waals surface area contributed by atoms with Gasteiger partial charge in [0.05, 0.1) is 10.9 Å². The van der Waals surface area contributed by atoms with E-state index < -0.39 is 5.97 Å². The SMILES string of the molecule is CC(c1ccccc1)N(C)C(=O)COC(=O)c1csc(-c2cccs2)n1. The van der Waals surface area contributed by atoms with Crippen LogP contribution in [0.4, 0.5) is 0 Å². The summed E-state index contributed by atoms with van der Waals surface area (Å²) in [6.45, 7) is 1.63. The number of carbonyl (C=O) groups excluding carboxylic acids is 2. The molecule has 2 aromatic heterocycles. The predicted molar refractivity (Wildman–Crippen MR) is 103 cm³/mol. The van der Waals surface area contributed by atoms with E-state index in [1.807, 2.05) is 54.8 Å². The van der Waals surface area contributed by atoms with E-state index in [-0.39, 0.29) is 24.2 Å². The molecule has 0 spiro atoms. The lowest BCUT2D eigenvalue weighted by molar-refractivity contribution is -0.135. The molecule has 7 heteroatoms. The maximum atomic E-state index is 12.3. The minimum atomic E-state index is -0.585. The number of thiazole rings is 1. The summed E-state index contributed by atoms with van der Waals surface area (Å²) in [5.74, 6) is -0.846. The van der Waals surface area contributed by atoms with Crippen LogP contribution in [-0.4, -0.2) is 35.4 Å². The molecular weight excluding hydrogens is 368 g/mol. The number of nitrogens with zero attached hydrogens (tertiary/aromatic N) is 2. The molecule has 0 fully saturated rings. The van der Waals surface area contributed by atoms with E-state index in [4.69, 9.17) is 4.74 Å². The number of hydrogen-bond donors (Lipinski definition) is 0. The van der Waals surface area contributed by atoms with Gasteiger partial charge >= 0.3 is 5.97 Å². The lowest BCUT2D eigenvalue weighted by atomic mass is 10.1. The maximum Gasteiger partial charge on any atom is 0.358 e. The molecule has 0 radical (unpaired) electrons. The van der Waals surface area contributed by atoms with E-state index in [1.54, 1.807) is 28.7 Å². The topological polar surface area (TPSA) is 59.5 Å². The van der Waals surface area contributed by atoms with Gasteiger partial charge < -0.3 is 9.64 Å². The van der Waals surface area contributed by atoms with E-state index in [9.17, 15) is 9.59 Å². The second-order valence-corrected chi connectivity index (χ2v) is 7.49. The van der Waals surface area contributed by atoms with Gasteiger partial charge in [0.15, 0.2) is 12.3 Å². The summed E-state index contributed by atoms with van der Waals surface area (Å²) in [5.41, 5.74) is 1.25. The average molecular weight is 386 g/mol. The fourth-order valence-corrected chi connectivity index (χ4v) is 3.96. The van der Waals surface area contributed by atoms with Crippen molar-refractivity contribution in [1.82, 2.24) is 9.88 Å². The zero-order chi connectivity index (χ0) is 18.5. The van der Waals surface area contributed by atoms with E-state index >= 15 is 0 Å². The Labute approximate surface area is 159 Å². The highest BCUT2D eigenvalue weighted by Crippen LogP contribution is 2.28. The van der Waals surface area contributed by atoms with E-state index in [0.29, 0.717) is 0 Å². The number of amides is 1. The van der Waals surface area contributed by atoms with Gasteiger partial charge in [0, 0.05) is 12.4 Å². The van der Waals surface area contributed by atoms with Crippen molar-refractivity contribution in [2.75, 3.05) is 13.7 Å². The van der Waals surface area contributed by atoms with Gasteiger partial charge in [0.2, 0.25) is 0 Å². The fourth-order valence-electron chi connectivity index (χ4n) is 2.36. The molecule has 1 amide bonds. The number of aromatic nitrogens is 1. The molecule has 2 heterocycles. The number of hydrogen-bond acceptors (Lipinski definition) is 6. The molecule has 0 saturated heterocycles. The molecular formula is C19H18N2O3S2. The van der Waals surface area contributed by atoms with Crippen LogP contribution in [0.5, 0.6) is 0 Å². The second kappa shape index (κ2) is 8.25. The van der Waals surface area contributed by atoms with Crippen LogP contribution in [0.1, 0.15) is 29.0 Å². The van der Waals surface area contributed by atoms with Gasteiger partial charge in [-0.05, 0) is 23.9 Å². The van der Waals surface area contributed by atoms with Crippen LogP contribution in [0.2, 0.25) is 0 Å². The Bertz CT molecular complexity index is 875. The Morgan fingerprint density at radius 3 is 2.62 bits per heavy atom. The second-order valence-electron chi connectivity index (χ2n) is 5.68. The summed E-state index contributed by atoms with van der Waals surface area (Å²) in [6.07, 6.45) is 0. The molecule has 0 aliphatic rings. The van der Waals surface area contributed by atoms with Gasteiger partial charge in [-0.15, -0.1) is 22.7 Å². The van der Waals surface area contributed by atoms with Crippen LogP contribution in [-0.2, 0) is 9.53 Å². The molecule has 0 saturated carbocycles. The van der Waals surface area contributed by atoms with Crippen LogP contribution in [0.25, 0.3) is 9.88 Å². The summed E-state index contributed by atoms with van der Waals surface area (Å²) >= 11 is 2.94. The highest BCUT2D eigenvalue weighted by Gasteiger charge is 2.20. The number of carbonyl (C=O) groups is 2. The monoisotopic (exact) mass is 386 g/mol. The Balaban J connectivity index is 1.56. The Kier molecular flexibility index (Phi) is 5.80. The fraction of sp³-hybridized carbons (Fsp3) is 0.211. The molecule has 3 rings (SSSR count). The molecule has 134 valence electrons. The van der Waals surface area contributed by atoms with Gasteiger partial charge in [0.1, 0.15) is 5.01 Å². The molecule has 5 nitrogen and oxygen atoms in total. The number of thiophene rings is 1. The zero-order valence-electron chi connectivity index (χ0n) is 14.4. The van der Waals surface area contributed by atoms with Gasteiger partial charge in [-0.3, -0.25) is 4.79 Å². The quantitative estimate of drug-likeness (QED) is 0.594. The third kappa shape index (κ3) is 4.17. The first-order chi connectivity index (χ1) is 12.6. The van der Waals surface area contributed by atoms with Crippen molar-refractivity contribution < 1.29 is 14.3 Å². The smallest absolute Gasteiger partial charge is 0.358 e. The molecule has 26 heavy (non-hydrogen) atoms. The average Bonchev–Trinajstić information content (AvgIpc) is 3.36. The molecule has 0 aliphatic carbocycles. The van der Waals surface area contributed by atoms with Crippen molar-refractivity contribution in [3.63, 3.8) is 0 Å². The Hall–Kier alpha value is -2.51. The lowest BCUT2D eigenvalue weighted by Gasteiger charge is -2.25. The molecule has 1 unspecified atom stereocenters. The van der Waals surface area contributed by atoms with Crippen molar-refractivity contribution >= 4 is 34.6 Å². The molecule has 1 atom stereocenters. The van der Waals surface area contributed by atoms with Gasteiger partial charge in [-0.25, -0.2) is 9.78 Å². The number of rotatable bonds is 6. The number of likely N-dealkylation sites (N-methyl/N-ethyl adjacent to an activating group) is 1. The van der Waals surface area contributed by atoms with Crippen LogP contribution >= 0.6 is 22.7 Å². The summed E-state index contributed by atoms with van der Waals surface area (Å²) in [6, 6.07) is 13.5. The van der Waals surface area contributed by atoms with Gasteiger partial charge in [-0.2, -0.15) is 0 Å². The molecule has 0 bridgehead atoms. The number of benzene rings is 1. The van der Waals surface area contributed by atoms with Crippen molar-refractivity contribution in [2.45, 2.75) is 13.0 Å². The predicted octanol–water partition coefficient (Wildman–Crippen LogP) is 4.25. The third-order valence-electron chi connectivity index (χ3n) is 4.03. The minimum Gasteiger partial charge on any atom is -0.451 e. The molecule has 1 aromatic carbocycles. The van der Waals surface area contributed by atoms with Crippen LogP contribution in [0.3, 0.4) is 0 Å². The largest absolute Gasteiger partial charge is 0.451 e. The van der Waals surface area contributed by atoms with E-state index in [1.165, 1.54) is 11.3 Å². The zero-order valence-corrected chi connectivity index (χ0v) is 16.0.